The highest BCUT2D eigenvalue weighted by Gasteiger charge is 2.03. The molecular weight excluding hydrogens is 324 g/mol. The Morgan fingerprint density at radius 2 is 1.67 bits per heavy atom. The molecule has 0 aliphatic rings. The number of benzene rings is 2. The van der Waals surface area contributed by atoms with Gasteiger partial charge in [-0.25, -0.2) is 9.97 Å². The highest BCUT2D eigenvalue weighted by Crippen LogP contribution is 2.25. The number of para-hydroxylation sites is 1. The number of nitrogens with one attached hydrogen (secondary N) is 2. The molecule has 122 valence electrons. The van der Waals surface area contributed by atoms with Gasteiger partial charge in [0.25, 0.3) is 0 Å². The van der Waals surface area contributed by atoms with E-state index in [4.69, 9.17) is 16.3 Å². The van der Waals surface area contributed by atoms with E-state index >= 15 is 0 Å². The van der Waals surface area contributed by atoms with Crippen LogP contribution in [0.25, 0.3) is 0 Å². The van der Waals surface area contributed by atoms with Crippen molar-refractivity contribution in [2.75, 3.05) is 17.2 Å². The number of hydrogen-bond donors (Lipinski definition) is 2. The molecular formula is C18H17ClN4O. The molecule has 6 heteroatoms. The standard InChI is InChI=1S/C18H17ClN4O/c1-2-24-14-9-7-13(8-10-14)22-17-11-18(21-12-20-17)23-16-6-4-3-5-15(16)19/h3-12H,2H2,1H3,(H2,20,21,22,23). The van der Waals surface area contributed by atoms with E-state index in [1.165, 1.54) is 6.33 Å². The van der Waals surface area contributed by atoms with Crippen molar-refractivity contribution in [3.05, 3.63) is 65.9 Å². The lowest BCUT2D eigenvalue weighted by Gasteiger charge is -2.10. The molecule has 1 aromatic heterocycles. The van der Waals surface area contributed by atoms with E-state index in [1.54, 1.807) is 0 Å². The molecule has 0 saturated heterocycles. The first-order valence-electron chi connectivity index (χ1n) is 7.58. The smallest absolute Gasteiger partial charge is 0.135 e. The molecule has 5 nitrogen and oxygen atoms in total. The highest BCUT2D eigenvalue weighted by molar-refractivity contribution is 6.33. The van der Waals surface area contributed by atoms with Crippen molar-refractivity contribution in [2.24, 2.45) is 0 Å². The molecule has 0 amide bonds. The van der Waals surface area contributed by atoms with E-state index in [2.05, 4.69) is 20.6 Å². The Kier molecular flexibility index (Phi) is 5.13. The van der Waals surface area contributed by atoms with E-state index in [0.29, 0.717) is 23.3 Å². The minimum Gasteiger partial charge on any atom is -0.494 e. The fourth-order valence-electron chi connectivity index (χ4n) is 2.14. The second-order valence-electron chi connectivity index (χ2n) is 4.98. The van der Waals surface area contributed by atoms with Gasteiger partial charge in [0.05, 0.1) is 17.3 Å². The Morgan fingerprint density at radius 3 is 2.38 bits per heavy atom. The van der Waals surface area contributed by atoms with Crippen molar-refractivity contribution < 1.29 is 4.74 Å². The SMILES string of the molecule is CCOc1ccc(Nc2cc(Nc3ccccc3Cl)ncn2)cc1. The third-order valence-electron chi connectivity index (χ3n) is 3.24. The molecule has 2 N–H and O–H groups in total. The van der Waals surface area contributed by atoms with Gasteiger partial charge >= 0.3 is 0 Å². The Morgan fingerprint density at radius 1 is 0.958 bits per heavy atom. The van der Waals surface area contributed by atoms with Gasteiger partial charge < -0.3 is 15.4 Å². The molecule has 0 bridgehead atoms. The van der Waals surface area contributed by atoms with Crippen LogP contribution in [0.15, 0.2) is 60.9 Å². The number of nitrogens with zero attached hydrogens (tertiary/aromatic N) is 2. The van der Waals surface area contributed by atoms with Crippen molar-refractivity contribution in [2.45, 2.75) is 6.92 Å². The van der Waals surface area contributed by atoms with Gasteiger partial charge in [-0.1, -0.05) is 23.7 Å². The maximum atomic E-state index is 6.15. The average Bonchev–Trinajstić information content (AvgIpc) is 2.59. The first-order chi connectivity index (χ1) is 11.7. The summed E-state index contributed by atoms with van der Waals surface area (Å²) in [5.74, 6) is 2.18. The molecule has 0 fully saturated rings. The van der Waals surface area contributed by atoms with Crippen molar-refractivity contribution in [1.82, 2.24) is 9.97 Å². The Hall–Kier alpha value is -2.79. The lowest BCUT2D eigenvalue weighted by atomic mass is 10.3. The summed E-state index contributed by atoms with van der Waals surface area (Å²) in [4.78, 5) is 8.45. The van der Waals surface area contributed by atoms with E-state index in [9.17, 15) is 0 Å². The van der Waals surface area contributed by atoms with Crippen LogP contribution in [-0.2, 0) is 0 Å². The summed E-state index contributed by atoms with van der Waals surface area (Å²) < 4.78 is 5.43. The Balaban J connectivity index is 1.72. The largest absolute Gasteiger partial charge is 0.494 e. The fourth-order valence-corrected chi connectivity index (χ4v) is 2.33. The molecule has 0 atom stereocenters. The summed E-state index contributed by atoms with van der Waals surface area (Å²) in [6.07, 6.45) is 1.50. The zero-order valence-corrected chi connectivity index (χ0v) is 13.9. The van der Waals surface area contributed by atoms with Crippen LogP contribution < -0.4 is 15.4 Å². The Bertz CT molecular complexity index is 808. The minimum absolute atomic E-state index is 0.636. The zero-order chi connectivity index (χ0) is 16.8. The summed E-state index contributed by atoms with van der Waals surface area (Å²) in [7, 11) is 0. The predicted octanol–water partition coefficient (Wildman–Crippen LogP) is 5.02. The average molecular weight is 341 g/mol. The molecule has 0 aliphatic carbocycles. The second-order valence-corrected chi connectivity index (χ2v) is 5.38. The van der Waals surface area contributed by atoms with Gasteiger partial charge in [0.1, 0.15) is 23.7 Å². The van der Waals surface area contributed by atoms with Gasteiger partial charge in [0, 0.05) is 11.8 Å². The number of rotatable bonds is 6. The van der Waals surface area contributed by atoms with E-state index in [1.807, 2.05) is 61.5 Å². The molecule has 0 radical (unpaired) electrons. The summed E-state index contributed by atoms with van der Waals surface area (Å²) >= 11 is 6.15. The van der Waals surface area contributed by atoms with Crippen LogP contribution in [0.3, 0.4) is 0 Å². The molecule has 0 unspecified atom stereocenters. The lowest BCUT2D eigenvalue weighted by Crippen LogP contribution is -1.99. The van der Waals surface area contributed by atoms with Gasteiger partial charge in [-0.05, 0) is 43.3 Å². The van der Waals surface area contributed by atoms with Crippen LogP contribution >= 0.6 is 11.6 Å². The van der Waals surface area contributed by atoms with Crippen molar-refractivity contribution in [3.8, 4) is 5.75 Å². The van der Waals surface area contributed by atoms with Gasteiger partial charge in [-0.15, -0.1) is 0 Å². The molecule has 0 aliphatic heterocycles. The number of anilines is 4. The topological polar surface area (TPSA) is 59.1 Å². The van der Waals surface area contributed by atoms with E-state index in [-0.39, 0.29) is 0 Å². The van der Waals surface area contributed by atoms with E-state index < -0.39 is 0 Å². The quantitative estimate of drug-likeness (QED) is 0.660. The van der Waals surface area contributed by atoms with Gasteiger partial charge in [0.2, 0.25) is 0 Å². The van der Waals surface area contributed by atoms with Crippen molar-refractivity contribution in [1.29, 1.82) is 0 Å². The first-order valence-corrected chi connectivity index (χ1v) is 7.96. The number of aromatic nitrogens is 2. The molecule has 24 heavy (non-hydrogen) atoms. The molecule has 3 aromatic rings. The maximum absolute atomic E-state index is 6.15. The molecule has 0 saturated carbocycles. The van der Waals surface area contributed by atoms with Crippen LogP contribution in [0.2, 0.25) is 5.02 Å². The fraction of sp³-hybridized carbons (Fsp3) is 0.111. The maximum Gasteiger partial charge on any atom is 0.135 e. The summed E-state index contributed by atoms with van der Waals surface area (Å²) in [5, 5.41) is 7.05. The molecule has 1 heterocycles. The van der Waals surface area contributed by atoms with Crippen LogP contribution in [0, 0.1) is 0 Å². The van der Waals surface area contributed by atoms with Crippen molar-refractivity contribution in [3.63, 3.8) is 0 Å². The first kappa shape index (κ1) is 16.1. The Labute approximate surface area is 145 Å². The van der Waals surface area contributed by atoms with Crippen LogP contribution in [0.4, 0.5) is 23.0 Å². The van der Waals surface area contributed by atoms with Crippen LogP contribution in [0.5, 0.6) is 5.75 Å². The lowest BCUT2D eigenvalue weighted by molar-refractivity contribution is 0.340. The van der Waals surface area contributed by atoms with Crippen LogP contribution in [-0.4, -0.2) is 16.6 Å². The van der Waals surface area contributed by atoms with Gasteiger partial charge in [0.15, 0.2) is 0 Å². The number of halogens is 1. The highest BCUT2D eigenvalue weighted by atomic mass is 35.5. The normalized spacial score (nSPS) is 10.2. The van der Waals surface area contributed by atoms with E-state index in [0.717, 1.165) is 17.1 Å². The third-order valence-corrected chi connectivity index (χ3v) is 3.57. The third kappa shape index (κ3) is 4.14. The predicted molar refractivity (Wildman–Crippen MR) is 97.7 cm³/mol. The minimum atomic E-state index is 0.636. The monoisotopic (exact) mass is 340 g/mol. The van der Waals surface area contributed by atoms with Crippen molar-refractivity contribution >= 4 is 34.6 Å². The van der Waals surface area contributed by atoms with Gasteiger partial charge in [-0.2, -0.15) is 0 Å². The molecule has 3 rings (SSSR count). The van der Waals surface area contributed by atoms with Crippen LogP contribution in [0.1, 0.15) is 6.92 Å². The number of ether oxygens (including phenoxy) is 1. The zero-order valence-electron chi connectivity index (χ0n) is 13.2. The summed E-state index contributed by atoms with van der Waals surface area (Å²) in [5.41, 5.74) is 1.71. The van der Waals surface area contributed by atoms with Gasteiger partial charge in [-0.3, -0.25) is 0 Å². The number of hydrogen-bond acceptors (Lipinski definition) is 5. The molecule has 2 aromatic carbocycles. The second kappa shape index (κ2) is 7.66. The molecule has 0 spiro atoms. The summed E-state index contributed by atoms with van der Waals surface area (Å²) in [6.45, 7) is 2.61. The summed E-state index contributed by atoms with van der Waals surface area (Å²) in [6, 6.07) is 17.0.